The second kappa shape index (κ2) is 11.5. The largest absolute Gasteiger partial charge is 0.493 e. The van der Waals surface area contributed by atoms with Gasteiger partial charge in [-0.1, -0.05) is 12.5 Å². The molecule has 2 aromatic rings. The SMILES string of the molecule is CN=C(NCc1ccc(OC)c(OC(F)F)c1)NCC(c1ccco1)N1CCCCC1. The van der Waals surface area contributed by atoms with E-state index < -0.39 is 6.61 Å². The van der Waals surface area contributed by atoms with Gasteiger partial charge in [-0.2, -0.15) is 8.78 Å². The van der Waals surface area contributed by atoms with Crippen molar-refractivity contribution in [1.82, 2.24) is 15.5 Å². The molecule has 31 heavy (non-hydrogen) atoms. The molecular weight excluding hydrogens is 406 g/mol. The summed E-state index contributed by atoms with van der Waals surface area (Å²) in [5.41, 5.74) is 0.762. The Hall–Kier alpha value is -2.81. The molecule has 7 nitrogen and oxygen atoms in total. The van der Waals surface area contributed by atoms with Crippen LogP contribution in [0.25, 0.3) is 0 Å². The summed E-state index contributed by atoms with van der Waals surface area (Å²) in [5.74, 6) is 1.80. The fourth-order valence-electron chi connectivity index (χ4n) is 3.74. The predicted molar refractivity (Wildman–Crippen MR) is 115 cm³/mol. The van der Waals surface area contributed by atoms with Gasteiger partial charge in [-0.25, -0.2) is 0 Å². The highest BCUT2D eigenvalue weighted by molar-refractivity contribution is 5.79. The number of aliphatic imine (C=N–C) groups is 1. The van der Waals surface area contributed by atoms with Crippen molar-refractivity contribution in [2.45, 2.75) is 38.5 Å². The van der Waals surface area contributed by atoms with E-state index in [2.05, 4.69) is 25.3 Å². The standard InChI is InChI=1S/C22H30F2N4O3/c1-25-22(26-14-16-8-9-19(29-2)20(13-16)31-21(23)24)27-15-17(18-7-6-12-30-18)28-10-4-3-5-11-28/h6-9,12-13,17,21H,3-5,10-11,14-15H2,1-2H3,(H2,25,26,27). The van der Waals surface area contributed by atoms with Gasteiger partial charge in [-0.3, -0.25) is 9.89 Å². The molecule has 0 saturated carbocycles. The Morgan fingerprint density at radius 1 is 1.16 bits per heavy atom. The summed E-state index contributed by atoms with van der Waals surface area (Å²) in [6.07, 6.45) is 5.33. The first-order chi connectivity index (χ1) is 15.1. The third kappa shape index (κ3) is 6.58. The van der Waals surface area contributed by atoms with Crippen LogP contribution in [0.4, 0.5) is 8.78 Å². The van der Waals surface area contributed by atoms with Crippen LogP contribution >= 0.6 is 0 Å². The van der Waals surface area contributed by atoms with Gasteiger partial charge in [0.25, 0.3) is 0 Å². The minimum Gasteiger partial charge on any atom is -0.493 e. The molecule has 1 atom stereocenters. The number of benzene rings is 1. The Kier molecular flexibility index (Phi) is 8.52. The average Bonchev–Trinajstić information content (AvgIpc) is 3.31. The number of ether oxygens (including phenoxy) is 2. The molecule has 2 N–H and O–H groups in total. The van der Waals surface area contributed by atoms with Crippen molar-refractivity contribution in [2.24, 2.45) is 4.99 Å². The highest BCUT2D eigenvalue weighted by Gasteiger charge is 2.24. The van der Waals surface area contributed by atoms with Crippen molar-refractivity contribution in [3.63, 3.8) is 0 Å². The number of likely N-dealkylation sites (tertiary alicyclic amines) is 1. The van der Waals surface area contributed by atoms with Crippen molar-refractivity contribution in [3.05, 3.63) is 47.9 Å². The maximum atomic E-state index is 12.6. The first-order valence-corrected chi connectivity index (χ1v) is 10.4. The van der Waals surface area contributed by atoms with Crippen molar-refractivity contribution >= 4 is 5.96 Å². The Balaban J connectivity index is 1.59. The monoisotopic (exact) mass is 436 g/mol. The maximum absolute atomic E-state index is 12.6. The Bertz CT molecular complexity index is 824. The van der Waals surface area contributed by atoms with E-state index in [-0.39, 0.29) is 17.5 Å². The molecule has 9 heteroatoms. The van der Waals surface area contributed by atoms with Crippen molar-refractivity contribution in [3.8, 4) is 11.5 Å². The van der Waals surface area contributed by atoms with Crippen LogP contribution in [0.2, 0.25) is 0 Å². The van der Waals surface area contributed by atoms with Gasteiger partial charge in [0, 0.05) is 20.1 Å². The molecule has 2 heterocycles. The molecule has 0 aliphatic carbocycles. The molecule has 3 rings (SSSR count). The number of methoxy groups -OCH3 is 1. The molecular formula is C22H30F2N4O3. The number of piperidine rings is 1. The van der Waals surface area contributed by atoms with Gasteiger partial charge in [-0.05, 0) is 55.8 Å². The zero-order chi connectivity index (χ0) is 22.1. The van der Waals surface area contributed by atoms with E-state index in [0.717, 1.165) is 24.4 Å². The van der Waals surface area contributed by atoms with Crippen LogP contribution in [0.1, 0.15) is 36.6 Å². The van der Waals surface area contributed by atoms with E-state index in [1.54, 1.807) is 25.4 Å². The van der Waals surface area contributed by atoms with Gasteiger partial charge < -0.3 is 24.5 Å². The number of furan rings is 1. The van der Waals surface area contributed by atoms with E-state index in [9.17, 15) is 8.78 Å². The molecule has 0 bridgehead atoms. The normalized spacial score (nSPS) is 16.2. The van der Waals surface area contributed by atoms with Crippen molar-refractivity contribution in [2.75, 3.05) is 33.8 Å². The van der Waals surface area contributed by atoms with Gasteiger partial charge in [-0.15, -0.1) is 0 Å². The van der Waals surface area contributed by atoms with E-state index >= 15 is 0 Å². The average molecular weight is 437 g/mol. The van der Waals surface area contributed by atoms with Gasteiger partial charge >= 0.3 is 6.61 Å². The van der Waals surface area contributed by atoms with Crippen LogP contribution in [0, 0.1) is 0 Å². The fourth-order valence-corrected chi connectivity index (χ4v) is 3.74. The lowest BCUT2D eigenvalue weighted by Crippen LogP contribution is -2.44. The highest BCUT2D eigenvalue weighted by Crippen LogP contribution is 2.29. The zero-order valence-electron chi connectivity index (χ0n) is 17.9. The molecule has 1 aliphatic rings. The fraction of sp³-hybridized carbons (Fsp3) is 0.500. The third-order valence-corrected chi connectivity index (χ3v) is 5.29. The number of hydrogen-bond donors (Lipinski definition) is 2. The van der Waals surface area contributed by atoms with Crippen LogP contribution in [-0.2, 0) is 6.54 Å². The van der Waals surface area contributed by atoms with Crippen LogP contribution in [-0.4, -0.2) is 51.3 Å². The van der Waals surface area contributed by atoms with Crippen LogP contribution in [0.3, 0.4) is 0 Å². The first-order valence-electron chi connectivity index (χ1n) is 10.4. The predicted octanol–water partition coefficient (Wildman–Crippen LogP) is 3.78. The van der Waals surface area contributed by atoms with E-state index in [1.165, 1.54) is 32.4 Å². The van der Waals surface area contributed by atoms with Crippen LogP contribution < -0.4 is 20.1 Å². The summed E-state index contributed by atoms with van der Waals surface area (Å²) < 4.78 is 40.6. The van der Waals surface area contributed by atoms with Gasteiger partial charge in [0.2, 0.25) is 0 Å². The van der Waals surface area contributed by atoms with Gasteiger partial charge in [0.05, 0.1) is 19.4 Å². The summed E-state index contributed by atoms with van der Waals surface area (Å²) in [5, 5.41) is 6.57. The van der Waals surface area contributed by atoms with E-state index in [1.807, 2.05) is 12.1 Å². The smallest absolute Gasteiger partial charge is 0.387 e. The molecule has 0 amide bonds. The number of hydrogen-bond acceptors (Lipinski definition) is 5. The summed E-state index contributed by atoms with van der Waals surface area (Å²) in [7, 11) is 3.10. The van der Waals surface area contributed by atoms with Gasteiger partial charge in [0.15, 0.2) is 17.5 Å². The van der Waals surface area contributed by atoms with E-state index in [4.69, 9.17) is 9.15 Å². The third-order valence-electron chi connectivity index (χ3n) is 5.29. The van der Waals surface area contributed by atoms with E-state index in [0.29, 0.717) is 19.0 Å². The molecule has 1 aliphatic heterocycles. The van der Waals surface area contributed by atoms with Crippen molar-refractivity contribution in [1.29, 1.82) is 0 Å². The van der Waals surface area contributed by atoms with Crippen LogP contribution in [0.15, 0.2) is 46.0 Å². The summed E-state index contributed by atoms with van der Waals surface area (Å²) >= 11 is 0. The second-order valence-corrected chi connectivity index (χ2v) is 7.30. The molecule has 0 radical (unpaired) electrons. The number of nitrogens with zero attached hydrogens (tertiary/aromatic N) is 2. The number of nitrogens with one attached hydrogen (secondary N) is 2. The number of rotatable bonds is 9. The Labute approximate surface area is 181 Å². The molecule has 170 valence electrons. The maximum Gasteiger partial charge on any atom is 0.387 e. The lowest BCUT2D eigenvalue weighted by Gasteiger charge is -2.33. The number of guanidine groups is 1. The highest BCUT2D eigenvalue weighted by atomic mass is 19.3. The first kappa shape index (κ1) is 22.9. The molecule has 0 spiro atoms. The minimum atomic E-state index is -2.92. The molecule has 1 saturated heterocycles. The minimum absolute atomic E-state index is 0.00253. The lowest BCUT2D eigenvalue weighted by atomic mass is 10.1. The zero-order valence-corrected chi connectivity index (χ0v) is 17.9. The molecule has 1 aromatic heterocycles. The summed E-state index contributed by atoms with van der Waals surface area (Å²) in [6.45, 7) is 0.184. The Morgan fingerprint density at radius 2 is 1.97 bits per heavy atom. The van der Waals surface area contributed by atoms with Crippen molar-refractivity contribution < 1.29 is 22.7 Å². The molecule has 1 unspecified atom stereocenters. The quantitative estimate of drug-likeness (QED) is 0.461. The molecule has 1 aromatic carbocycles. The van der Waals surface area contributed by atoms with Gasteiger partial charge in [0.1, 0.15) is 5.76 Å². The Morgan fingerprint density at radius 3 is 2.61 bits per heavy atom. The lowest BCUT2D eigenvalue weighted by molar-refractivity contribution is -0.0512. The summed E-state index contributed by atoms with van der Waals surface area (Å²) in [4.78, 5) is 6.71. The van der Waals surface area contributed by atoms with Crippen LogP contribution in [0.5, 0.6) is 11.5 Å². The summed E-state index contributed by atoms with van der Waals surface area (Å²) in [6, 6.07) is 8.94. The molecule has 1 fully saturated rings. The number of halogens is 2. The number of alkyl halides is 2. The second-order valence-electron chi connectivity index (χ2n) is 7.30. The topological polar surface area (TPSA) is 71.3 Å².